The van der Waals surface area contributed by atoms with Crippen LogP contribution in [0.3, 0.4) is 0 Å². The number of benzene rings is 1. The fraction of sp³-hybridized carbons (Fsp3) is 0.429. The van der Waals surface area contributed by atoms with Crippen molar-refractivity contribution in [1.82, 2.24) is 10.1 Å². The standard InChI is InChI=1S/C14H16FN3O2S/c15-9-1-3-10(4-2-9)21-8-13-17-14(20-18-13)11-7-19-6-5-12(11)16/h1-4,11-12H,5-8,16H2. The van der Waals surface area contributed by atoms with Crippen molar-refractivity contribution in [2.24, 2.45) is 5.73 Å². The molecule has 1 aromatic heterocycles. The van der Waals surface area contributed by atoms with E-state index in [9.17, 15) is 4.39 Å². The zero-order valence-electron chi connectivity index (χ0n) is 11.4. The minimum absolute atomic E-state index is 0.00296. The molecule has 1 aliphatic heterocycles. The number of ether oxygens (including phenoxy) is 1. The SMILES string of the molecule is NC1CCOCC1c1nc(CSc2ccc(F)cc2)no1. The summed E-state index contributed by atoms with van der Waals surface area (Å²) in [6.45, 7) is 1.20. The van der Waals surface area contributed by atoms with E-state index in [2.05, 4.69) is 10.1 Å². The van der Waals surface area contributed by atoms with E-state index in [1.807, 2.05) is 0 Å². The molecule has 3 rings (SSSR count). The second kappa shape index (κ2) is 6.55. The molecule has 0 aliphatic carbocycles. The quantitative estimate of drug-likeness (QED) is 0.874. The van der Waals surface area contributed by atoms with Gasteiger partial charge in [0.2, 0.25) is 5.89 Å². The smallest absolute Gasteiger partial charge is 0.233 e. The summed E-state index contributed by atoms with van der Waals surface area (Å²) in [5.41, 5.74) is 6.05. The molecule has 0 amide bonds. The molecule has 0 radical (unpaired) electrons. The summed E-state index contributed by atoms with van der Waals surface area (Å²) in [5.74, 6) is 1.44. The highest BCUT2D eigenvalue weighted by Crippen LogP contribution is 2.25. The first-order chi connectivity index (χ1) is 10.2. The van der Waals surface area contributed by atoms with E-state index in [1.54, 1.807) is 12.1 Å². The number of halogens is 1. The first kappa shape index (κ1) is 14.5. The second-order valence-electron chi connectivity index (χ2n) is 4.93. The number of nitrogens with two attached hydrogens (primary N) is 1. The molecule has 2 heterocycles. The Kier molecular flexibility index (Phi) is 4.52. The maximum absolute atomic E-state index is 12.8. The van der Waals surface area contributed by atoms with Crippen LogP contribution in [-0.2, 0) is 10.5 Å². The molecular weight excluding hydrogens is 293 g/mol. The summed E-state index contributed by atoms with van der Waals surface area (Å²) in [4.78, 5) is 5.34. The van der Waals surface area contributed by atoms with Crippen molar-refractivity contribution in [3.8, 4) is 0 Å². The topological polar surface area (TPSA) is 74.2 Å². The Morgan fingerprint density at radius 2 is 2.14 bits per heavy atom. The molecule has 21 heavy (non-hydrogen) atoms. The molecule has 2 N–H and O–H groups in total. The Labute approximate surface area is 126 Å². The Hall–Kier alpha value is -1.44. The van der Waals surface area contributed by atoms with Gasteiger partial charge in [0.05, 0.1) is 18.3 Å². The lowest BCUT2D eigenvalue weighted by atomic mass is 9.97. The predicted octanol–water partition coefficient (Wildman–Crippen LogP) is 2.33. The van der Waals surface area contributed by atoms with E-state index in [1.165, 1.54) is 23.9 Å². The first-order valence-corrected chi connectivity index (χ1v) is 7.75. The van der Waals surface area contributed by atoms with Crippen LogP contribution in [0.25, 0.3) is 0 Å². The predicted molar refractivity (Wildman–Crippen MR) is 76.4 cm³/mol. The average molecular weight is 309 g/mol. The number of hydrogen-bond donors (Lipinski definition) is 1. The Morgan fingerprint density at radius 1 is 1.33 bits per heavy atom. The average Bonchev–Trinajstić information content (AvgIpc) is 2.96. The molecule has 2 unspecified atom stereocenters. The summed E-state index contributed by atoms with van der Waals surface area (Å²) < 4.78 is 23.5. The number of thioether (sulfide) groups is 1. The third-order valence-electron chi connectivity index (χ3n) is 3.39. The van der Waals surface area contributed by atoms with Gasteiger partial charge in [-0.1, -0.05) is 5.16 Å². The van der Waals surface area contributed by atoms with Crippen LogP contribution in [0.15, 0.2) is 33.7 Å². The van der Waals surface area contributed by atoms with Crippen LogP contribution in [0.5, 0.6) is 0 Å². The van der Waals surface area contributed by atoms with Gasteiger partial charge in [-0.3, -0.25) is 0 Å². The van der Waals surface area contributed by atoms with Crippen molar-refractivity contribution in [3.63, 3.8) is 0 Å². The van der Waals surface area contributed by atoms with Crippen LogP contribution >= 0.6 is 11.8 Å². The van der Waals surface area contributed by atoms with Crippen molar-refractivity contribution in [2.75, 3.05) is 13.2 Å². The van der Waals surface area contributed by atoms with Gasteiger partial charge in [0.15, 0.2) is 5.82 Å². The van der Waals surface area contributed by atoms with Gasteiger partial charge >= 0.3 is 0 Å². The van der Waals surface area contributed by atoms with Crippen LogP contribution in [0.2, 0.25) is 0 Å². The van der Waals surface area contributed by atoms with E-state index >= 15 is 0 Å². The van der Waals surface area contributed by atoms with E-state index in [0.717, 1.165) is 11.3 Å². The molecule has 0 saturated carbocycles. The Balaban J connectivity index is 1.61. The zero-order chi connectivity index (χ0) is 14.7. The molecule has 5 nitrogen and oxygen atoms in total. The van der Waals surface area contributed by atoms with E-state index in [-0.39, 0.29) is 17.8 Å². The highest BCUT2D eigenvalue weighted by Gasteiger charge is 2.29. The highest BCUT2D eigenvalue weighted by atomic mass is 32.2. The van der Waals surface area contributed by atoms with Gasteiger partial charge in [-0.15, -0.1) is 11.8 Å². The molecule has 0 spiro atoms. The van der Waals surface area contributed by atoms with Crippen molar-refractivity contribution >= 4 is 11.8 Å². The van der Waals surface area contributed by atoms with Gasteiger partial charge in [0, 0.05) is 17.5 Å². The fourth-order valence-corrected chi connectivity index (χ4v) is 2.91. The monoisotopic (exact) mass is 309 g/mol. The first-order valence-electron chi connectivity index (χ1n) is 6.76. The maximum atomic E-state index is 12.8. The molecule has 1 aliphatic rings. The summed E-state index contributed by atoms with van der Waals surface area (Å²) >= 11 is 1.53. The Morgan fingerprint density at radius 3 is 2.90 bits per heavy atom. The number of aromatic nitrogens is 2. The maximum Gasteiger partial charge on any atom is 0.233 e. The van der Waals surface area contributed by atoms with Gasteiger partial charge in [0.1, 0.15) is 5.82 Å². The summed E-state index contributed by atoms with van der Waals surface area (Å²) in [6.07, 6.45) is 0.798. The van der Waals surface area contributed by atoms with Gasteiger partial charge < -0.3 is 15.0 Å². The normalized spacial score (nSPS) is 22.4. The molecule has 112 valence electrons. The summed E-state index contributed by atoms with van der Waals surface area (Å²) in [7, 11) is 0. The van der Waals surface area contributed by atoms with E-state index in [0.29, 0.717) is 30.7 Å². The third kappa shape index (κ3) is 3.61. The zero-order valence-corrected chi connectivity index (χ0v) is 12.2. The van der Waals surface area contributed by atoms with Gasteiger partial charge in [0.25, 0.3) is 0 Å². The van der Waals surface area contributed by atoms with Crippen LogP contribution in [-0.4, -0.2) is 29.4 Å². The Bertz CT molecular complexity index is 590. The van der Waals surface area contributed by atoms with E-state index < -0.39 is 0 Å². The molecule has 1 fully saturated rings. The van der Waals surface area contributed by atoms with Crippen molar-refractivity contribution < 1.29 is 13.7 Å². The lowest BCUT2D eigenvalue weighted by Crippen LogP contribution is -2.37. The van der Waals surface area contributed by atoms with Crippen molar-refractivity contribution in [3.05, 3.63) is 41.8 Å². The third-order valence-corrected chi connectivity index (χ3v) is 4.40. The van der Waals surface area contributed by atoms with Gasteiger partial charge in [-0.2, -0.15) is 4.98 Å². The lowest BCUT2D eigenvalue weighted by Gasteiger charge is -2.25. The molecule has 2 aromatic rings. The van der Waals surface area contributed by atoms with Gasteiger partial charge in [-0.25, -0.2) is 4.39 Å². The van der Waals surface area contributed by atoms with Crippen LogP contribution in [0.4, 0.5) is 4.39 Å². The highest BCUT2D eigenvalue weighted by molar-refractivity contribution is 7.98. The number of rotatable bonds is 4. The molecule has 0 bridgehead atoms. The lowest BCUT2D eigenvalue weighted by molar-refractivity contribution is 0.0590. The summed E-state index contributed by atoms with van der Waals surface area (Å²) in [6, 6.07) is 6.32. The van der Waals surface area contributed by atoms with E-state index in [4.69, 9.17) is 15.0 Å². The minimum atomic E-state index is -0.243. The van der Waals surface area contributed by atoms with Crippen molar-refractivity contribution in [2.45, 2.75) is 29.0 Å². The molecule has 2 atom stereocenters. The van der Waals surface area contributed by atoms with Gasteiger partial charge in [-0.05, 0) is 30.7 Å². The molecule has 1 aromatic carbocycles. The van der Waals surface area contributed by atoms with Crippen LogP contribution in [0.1, 0.15) is 24.1 Å². The molecule has 7 heteroatoms. The van der Waals surface area contributed by atoms with Crippen molar-refractivity contribution in [1.29, 1.82) is 0 Å². The minimum Gasteiger partial charge on any atom is -0.381 e. The number of hydrogen-bond acceptors (Lipinski definition) is 6. The molecular formula is C14H16FN3O2S. The van der Waals surface area contributed by atoms with Crippen LogP contribution < -0.4 is 5.73 Å². The second-order valence-corrected chi connectivity index (χ2v) is 5.97. The summed E-state index contributed by atoms with van der Waals surface area (Å²) in [5, 5.41) is 3.97. The van der Waals surface area contributed by atoms with Crippen LogP contribution in [0, 0.1) is 5.82 Å². The molecule has 1 saturated heterocycles. The number of nitrogens with zero attached hydrogens (tertiary/aromatic N) is 2. The fourth-order valence-electron chi connectivity index (χ4n) is 2.16. The largest absolute Gasteiger partial charge is 0.381 e.